The van der Waals surface area contributed by atoms with E-state index in [0.717, 1.165) is 77.9 Å². The number of benzene rings is 3. The standard InChI is InChI=1S/C27H28N2O2/c1-19-11-12-23(22-8-4-3-7-21(19)22)27(30)26-20(2)29(25-10-6-5-9-24(25)26)14-13-28-15-17-31-18-16-28/h3-12H,13-18H2,1-2H3. The summed E-state index contributed by atoms with van der Waals surface area (Å²) in [7, 11) is 0. The summed E-state index contributed by atoms with van der Waals surface area (Å²) < 4.78 is 7.79. The van der Waals surface area contributed by atoms with Crippen molar-refractivity contribution in [3.8, 4) is 0 Å². The molecule has 1 fully saturated rings. The molecule has 4 nitrogen and oxygen atoms in total. The van der Waals surface area contributed by atoms with Gasteiger partial charge in [-0.2, -0.15) is 0 Å². The van der Waals surface area contributed by atoms with Crippen LogP contribution in [0.25, 0.3) is 21.7 Å². The third-order valence-corrected chi connectivity index (χ3v) is 6.59. The number of aryl methyl sites for hydroxylation is 1. The van der Waals surface area contributed by atoms with Crippen molar-refractivity contribution in [3.05, 3.63) is 83.0 Å². The van der Waals surface area contributed by atoms with Gasteiger partial charge in [0, 0.05) is 48.3 Å². The molecule has 0 spiro atoms. The highest BCUT2D eigenvalue weighted by molar-refractivity contribution is 6.22. The monoisotopic (exact) mass is 412 g/mol. The molecule has 1 saturated heterocycles. The maximum atomic E-state index is 13.9. The molecular formula is C27H28N2O2. The highest BCUT2D eigenvalue weighted by Gasteiger charge is 2.23. The molecular weight excluding hydrogens is 384 g/mol. The number of rotatable bonds is 5. The van der Waals surface area contributed by atoms with Gasteiger partial charge in [0.25, 0.3) is 0 Å². The summed E-state index contributed by atoms with van der Waals surface area (Å²) in [4.78, 5) is 16.3. The lowest BCUT2D eigenvalue weighted by Gasteiger charge is -2.27. The van der Waals surface area contributed by atoms with Crippen molar-refractivity contribution in [2.75, 3.05) is 32.8 Å². The van der Waals surface area contributed by atoms with Crippen LogP contribution >= 0.6 is 0 Å². The van der Waals surface area contributed by atoms with Crippen LogP contribution in [0.15, 0.2) is 60.7 Å². The van der Waals surface area contributed by atoms with Gasteiger partial charge in [-0.1, -0.05) is 54.6 Å². The maximum absolute atomic E-state index is 13.9. The summed E-state index contributed by atoms with van der Waals surface area (Å²) in [5, 5.41) is 3.20. The van der Waals surface area contributed by atoms with Gasteiger partial charge in [-0.25, -0.2) is 0 Å². The highest BCUT2D eigenvalue weighted by Crippen LogP contribution is 2.31. The van der Waals surface area contributed by atoms with Crippen LogP contribution in [0.5, 0.6) is 0 Å². The molecule has 0 N–H and O–H groups in total. The lowest BCUT2D eigenvalue weighted by atomic mass is 9.93. The zero-order valence-corrected chi connectivity index (χ0v) is 18.2. The smallest absolute Gasteiger partial charge is 0.196 e. The Bertz CT molecular complexity index is 1270. The number of hydrogen-bond acceptors (Lipinski definition) is 3. The number of nitrogens with zero attached hydrogens (tertiary/aromatic N) is 2. The molecule has 0 radical (unpaired) electrons. The first-order valence-corrected chi connectivity index (χ1v) is 11.1. The second-order valence-electron chi connectivity index (χ2n) is 8.39. The summed E-state index contributed by atoms with van der Waals surface area (Å²) in [5.74, 6) is 0.107. The van der Waals surface area contributed by atoms with Gasteiger partial charge in [-0.05, 0) is 36.2 Å². The number of carbonyl (C=O) groups excluding carboxylic acids is 1. The van der Waals surface area contributed by atoms with E-state index in [1.165, 1.54) is 5.56 Å². The van der Waals surface area contributed by atoms with Gasteiger partial charge in [0.2, 0.25) is 0 Å². The molecule has 2 heterocycles. The van der Waals surface area contributed by atoms with E-state index in [1.54, 1.807) is 0 Å². The van der Waals surface area contributed by atoms with Crippen molar-refractivity contribution in [2.45, 2.75) is 20.4 Å². The fraction of sp³-hybridized carbons (Fsp3) is 0.296. The van der Waals surface area contributed by atoms with Gasteiger partial charge in [0.15, 0.2) is 5.78 Å². The van der Waals surface area contributed by atoms with Crippen molar-refractivity contribution < 1.29 is 9.53 Å². The first kappa shape index (κ1) is 20.0. The van der Waals surface area contributed by atoms with Crippen LogP contribution in [-0.4, -0.2) is 48.1 Å². The Hall–Kier alpha value is -2.95. The second-order valence-corrected chi connectivity index (χ2v) is 8.39. The van der Waals surface area contributed by atoms with Crippen molar-refractivity contribution in [2.24, 2.45) is 0 Å². The van der Waals surface area contributed by atoms with E-state index in [1.807, 2.05) is 24.3 Å². The minimum absolute atomic E-state index is 0.107. The van der Waals surface area contributed by atoms with Gasteiger partial charge < -0.3 is 9.30 Å². The fourth-order valence-electron chi connectivity index (χ4n) is 4.85. The summed E-state index contributed by atoms with van der Waals surface area (Å²) in [5.41, 5.74) is 4.97. The van der Waals surface area contributed by atoms with E-state index in [2.05, 4.69) is 59.7 Å². The minimum atomic E-state index is 0.107. The number of fused-ring (bicyclic) bond motifs is 2. The zero-order chi connectivity index (χ0) is 21.4. The third kappa shape index (κ3) is 3.56. The predicted octanol–water partition coefficient (Wildman–Crippen LogP) is 4.97. The van der Waals surface area contributed by atoms with E-state index in [0.29, 0.717) is 0 Å². The molecule has 1 aliphatic heterocycles. The largest absolute Gasteiger partial charge is 0.379 e. The summed E-state index contributed by atoms with van der Waals surface area (Å²) in [6.45, 7) is 9.56. The fourth-order valence-corrected chi connectivity index (χ4v) is 4.85. The SMILES string of the molecule is Cc1ccc(C(=O)c2c(C)n(CCN3CCOCC3)c3ccccc23)c2ccccc12. The normalized spacial score (nSPS) is 15.0. The Labute approximate surface area is 183 Å². The van der Waals surface area contributed by atoms with Crippen molar-refractivity contribution in [1.82, 2.24) is 9.47 Å². The molecule has 0 amide bonds. The quantitative estimate of drug-likeness (QED) is 0.434. The highest BCUT2D eigenvalue weighted by atomic mass is 16.5. The maximum Gasteiger partial charge on any atom is 0.196 e. The minimum Gasteiger partial charge on any atom is -0.379 e. The van der Waals surface area contributed by atoms with E-state index in [9.17, 15) is 4.79 Å². The Kier molecular flexibility index (Phi) is 5.34. The predicted molar refractivity (Wildman–Crippen MR) is 126 cm³/mol. The lowest BCUT2D eigenvalue weighted by Crippen LogP contribution is -2.38. The van der Waals surface area contributed by atoms with Gasteiger partial charge in [-0.15, -0.1) is 0 Å². The summed E-state index contributed by atoms with van der Waals surface area (Å²) >= 11 is 0. The van der Waals surface area contributed by atoms with Crippen molar-refractivity contribution in [3.63, 3.8) is 0 Å². The first-order chi connectivity index (χ1) is 15.1. The second kappa shape index (κ2) is 8.29. The molecule has 0 saturated carbocycles. The van der Waals surface area contributed by atoms with Crippen LogP contribution in [0.4, 0.5) is 0 Å². The Morgan fingerprint density at radius 2 is 1.52 bits per heavy atom. The number of hydrogen-bond donors (Lipinski definition) is 0. The first-order valence-electron chi connectivity index (χ1n) is 11.1. The van der Waals surface area contributed by atoms with E-state index in [-0.39, 0.29) is 5.78 Å². The summed E-state index contributed by atoms with van der Waals surface area (Å²) in [6, 6.07) is 20.5. The zero-order valence-electron chi connectivity index (χ0n) is 18.2. The van der Waals surface area contributed by atoms with Crippen molar-refractivity contribution >= 4 is 27.5 Å². The van der Waals surface area contributed by atoms with E-state index < -0.39 is 0 Å². The van der Waals surface area contributed by atoms with Gasteiger partial charge in [0.1, 0.15) is 0 Å². The number of carbonyl (C=O) groups is 1. The number of ether oxygens (including phenoxy) is 1. The molecule has 4 heteroatoms. The van der Waals surface area contributed by atoms with E-state index >= 15 is 0 Å². The number of morpholine rings is 1. The van der Waals surface area contributed by atoms with Crippen LogP contribution in [-0.2, 0) is 11.3 Å². The lowest BCUT2D eigenvalue weighted by molar-refractivity contribution is 0.0365. The Balaban J connectivity index is 1.58. The molecule has 4 aromatic rings. The molecule has 0 unspecified atom stereocenters. The topological polar surface area (TPSA) is 34.5 Å². The van der Waals surface area contributed by atoms with Crippen LogP contribution in [0.2, 0.25) is 0 Å². The van der Waals surface area contributed by atoms with Gasteiger partial charge in [-0.3, -0.25) is 9.69 Å². The van der Waals surface area contributed by atoms with E-state index in [4.69, 9.17) is 4.74 Å². The third-order valence-electron chi connectivity index (χ3n) is 6.59. The molecule has 3 aromatic carbocycles. The van der Waals surface area contributed by atoms with Crippen molar-refractivity contribution in [1.29, 1.82) is 0 Å². The number of ketones is 1. The molecule has 0 bridgehead atoms. The molecule has 5 rings (SSSR count). The van der Waals surface area contributed by atoms with Crippen LogP contribution in [0, 0.1) is 13.8 Å². The average molecular weight is 413 g/mol. The molecule has 1 aromatic heterocycles. The van der Waals surface area contributed by atoms with Gasteiger partial charge >= 0.3 is 0 Å². The van der Waals surface area contributed by atoms with Crippen LogP contribution in [0.1, 0.15) is 27.2 Å². The Morgan fingerprint density at radius 1 is 0.839 bits per heavy atom. The molecule has 158 valence electrons. The number of para-hydroxylation sites is 1. The number of aromatic nitrogens is 1. The van der Waals surface area contributed by atoms with Crippen LogP contribution < -0.4 is 0 Å². The molecule has 1 aliphatic rings. The summed E-state index contributed by atoms with van der Waals surface area (Å²) in [6.07, 6.45) is 0. The Morgan fingerprint density at radius 3 is 2.29 bits per heavy atom. The van der Waals surface area contributed by atoms with Gasteiger partial charge in [0.05, 0.1) is 18.8 Å². The molecule has 0 aliphatic carbocycles. The van der Waals surface area contributed by atoms with Crippen LogP contribution in [0.3, 0.4) is 0 Å². The molecule has 0 atom stereocenters. The average Bonchev–Trinajstić information content (AvgIpc) is 3.09. The molecule has 31 heavy (non-hydrogen) atoms.